The summed E-state index contributed by atoms with van der Waals surface area (Å²) in [6, 6.07) is 5.34. The molecule has 1 aromatic carbocycles. The zero-order chi connectivity index (χ0) is 13.6. The number of halogens is 1. The highest BCUT2D eigenvalue weighted by atomic mass is 35.5. The van der Waals surface area contributed by atoms with E-state index in [1.54, 1.807) is 12.1 Å². The highest BCUT2D eigenvalue weighted by Gasteiger charge is 2.14. The van der Waals surface area contributed by atoms with Crippen LogP contribution in [-0.4, -0.2) is 21.5 Å². The lowest BCUT2D eigenvalue weighted by Crippen LogP contribution is -2.26. The molecule has 0 atom stereocenters. The van der Waals surface area contributed by atoms with Crippen molar-refractivity contribution in [3.8, 4) is 0 Å². The Labute approximate surface area is 122 Å². The molecule has 0 fully saturated rings. The monoisotopic (exact) mass is 306 g/mol. The summed E-state index contributed by atoms with van der Waals surface area (Å²) in [4.78, 5) is 0.341. The molecule has 4 nitrogen and oxygen atoms in total. The fourth-order valence-corrected chi connectivity index (χ4v) is 2.96. The van der Waals surface area contributed by atoms with E-state index in [0.717, 1.165) is 18.4 Å². The molecule has 0 amide bonds. The summed E-state index contributed by atoms with van der Waals surface area (Å²) in [6.07, 6.45) is 2.41. The second-order valence-electron chi connectivity index (χ2n) is 4.18. The Kier molecular flexibility index (Phi) is 8.25. The Hall–Kier alpha value is -0.620. The average molecular weight is 307 g/mol. The van der Waals surface area contributed by atoms with Crippen molar-refractivity contribution in [2.45, 2.75) is 38.0 Å². The van der Waals surface area contributed by atoms with E-state index in [2.05, 4.69) is 11.6 Å². The minimum Gasteiger partial charge on any atom is -0.330 e. The zero-order valence-corrected chi connectivity index (χ0v) is 13.1. The van der Waals surface area contributed by atoms with Gasteiger partial charge in [-0.05, 0) is 49.1 Å². The topological polar surface area (TPSA) is 72.2 Å². The van der Waals surface area contributed by atoms with Gasteiger partial charge in [0, 0.05) is 6.54 Å². The molecular formula is C13H23ClN2O2S. The molecule has 0 spiro atoms. The molecule has 19 heavy (non-hydrogen) atoms. The largest absolute Gasteiger partial charge is 0.330 e. The third-order valence-electron chi connectivity index (χ3n) is 2.92. The lowest BCUT2D eigenvalue weighted by molar-refractivity contribution is 0.579. The van der Waals surface area contributed by atoms with Crippen LogP contribution >= 0.6 is 12.4 Å². The van der Waals surface area contributed by atoms with Gasteiger partial charge in [0.15, 0.2) is 0 Å². The summed E-state index contributed by atoms with van der Waals surface area (Å²) in [5.41, 5.74) is 7.65. The van der Waals surface area contributed by atoms with Gasteiger partial charge in [0.1, 0.15) is 0 Å². The maximum Gasteiger partial charge on any atom is 0.240 e. The van der Waals surface area contributed by atoms with Gasteiger partial charge in [-0.3, -0.25) is 0 Å². The maximum absolute atomic E-state index is 12.0. The lowest BCUT2D eigenvalue weighted by atomic mass is 10.0. The van der Waals surface area contributed by atoms with E-state index in [1.165, 1.54) is 5.56 Å². The van der Waals surface area contributed by atoms with Crippen molar-refractivity contribution >= 4 is 22.4 Å². The highest BCUT2D eigenvalue weighted by molar-refractivity contribution is 7.89. The third-order valence-corrected chi connectivity index (χ3v) is 4.38. The van der Waals surface area contributed by atoms with Gasteiger partial charge < -0.3 is 5.73 Å². The van der Waals surface area contributed by atoms with Crippen molar-refractivity contribution in [1.29, 1.82) is 0 Å². The first-order valence-electron chi connectivity index (χ1n) is 6.36. The predicted octanol–water partition coefficient (Wildman–Crippen LogP) is 1.86. The van der Waals surface area contributed by atoms with Gasteiger partial charge >= 0.3 is 0 Å². The highest BCUT2D eigenvalue weighted by Crippen LogP contribution is 2.17. The van der Waals surface area contributed by atoms with Gasteiger partial charge in [-0.15, -0.1) is 12.4 Å². The van der Waals surface area contributed by atoms with Crippen molar-refractivity contribution in [3.63, 3.8) is 0 Å². The second kappa shape index (κ2) is 8.53. The Bertz CT molecular complexity index is 489. The van der Waals surface area contributed by atoms with E-state index < -0.39 is 10.0 Å². The van der Waals surface area contributed by atoms with Crippen LogP contribution in [-0.2, 0) is 22.9 Å². The fourth-order valence-electron chi connectivity index (χ4n) is 1.84. The normalized spacial score (nSPS) is 11.1. The van der Waals surface area contributed by atoms with E-state index in [0.29, 0.717) is 24.4 Å². The standard InChI is InChI=1S/C13H22N2O2S.ClH/c1-3-11-6-7-13(10-12(11)4-2)18(16,17)15-9-5-8-14;/h6-7,10,15H,3-5,8-9,14H2,1-2H3;1H. The summed E-state index contributed by atoms with van der Waals surface area (Å²) in [5.74, 6) is 0. The van der Waals surface area contributed by atoms with Crippen molar-refractivity contribution in [3.05, 3.63) is 29.3 Å². The Morgan fingerprint density at radius 3 is 2.32 bits per heavy atom. The molecular weight excluding hydrogens is 284 g/mol. The van der Waals surface area contributed by atoms with Crippen LogP contribution < -0.4 is 10.5 Å². The van der Waals surface area contributed by atoms with E-state index in [4.69, 9.17) is 5.73 Å². The fraction of sp³-hybridized carbons (Fsp3) is 0.538. The molecule has 0 aliphatic carbocycles. The van der Waals surface area contributed by atoms with E-state index in [-0.39, 0.29) is 12.4 Å². The molecule has 3 N–H and O–H groups in total. The molecule has 6 heteroatoms. The van der Waals surface area contributed by atoms with Crippen LogP contribution in [0, 0.1) is 0 Å². The van der Waals surface area contributed by atoms with Crippen molar-refractivity contribution in [1.82, 2.24) is 4.72 Å². The minimum atomic E-state index is -3.40. The first-order chi connectivity index (χ1) is 8.55. The first kappa shape index (κ1) is 18.4. The summed E-state index contributed by atoms with van der Waals surface area (Å²) < 4.78 is 26.6. The SMILES string of the molecule is CCc1ccc(S(=O)(=O)NCCCN)cc1CC.Cl. The number of nitrogens with one attached hydrogen (secondary N) is 1. The number of benzene rings is 1. The molecule has 0 saturated carbocycles. The molecule has 1 rings (SSSR count). The van der Waals surface area contributed by atoms with Crippen LogP contribution in [0.3, 0.4) is 0 Å². The van der Waals surface area contributed by atoms with Crippen LogP contribution in [0.1, 0.15) is 31.4 Å². The number of aryl methyl sites for hydroxylation is 2. The Morgan fingerprint density at radius 2 is 1.79 bits per heavy atom. The van der Waals surface area contributed by atoms with Gasteiger partial charge in [-0.1, -0.05) is 19.9 Å². The predicted molar refractivity (Wildman–Crippen MR) is 81.3 cm³/mol. The zero-order valence-electron chi connectivity index (χ0n) is 11.5. The van der Waals surface area contributed by atoms with E-state index in [9.17, 15) is 8.42 Å². The van der Waals surface area contributed by atoms with Gasteiger partial charge in [-0.25, -0.2) is 13.1 Å². The van der Waals surface area contributed by atoms with Crippen LogP contribution in [0.2, 0.25) is 0 Å². The molecule has 0 aromatic heterocycles. The number of rotatable bonds is 7. The van der Waals surface area contributed by atoms with Gasteiger partial charge in [0.05, 0.1) is 4.90 Å². The Balaban J connectivity index is 0.00000324. The van der Waals surface area contributed by atoms with Crippen molar-refractivity contribution < 1.29 is 8.42 Å². The Morgan fingerprint density at radius 1 is 1.16 bits per heavy atom. The molecule has 0 aliphatic rings. The van der Waals surface area contributed by atoms with E-state index >= 15 is 0 Å². The van der Waals surface area contributed by atoms with Crippen LogP contribution in [0.25, 0.3) is 0 Å². The minimum absolute atomic E-state index is 0. The van der Waals surface area contributed by atoms with Gasteiger partial charge in [0.2, 0.25) is 10.0 Å². The summed E-state index contributed by atoms with van der Waals surface area (Å²) >= 11 is 0. The van der Waals surface area contributed by atoms with E-state index in [1.807, 2.05) is 13.0 Å². The number of nitrogens with two attached hydrogens (primary N) is 1. The third kappa shape index (κ3) is 5.10. The van der Waals surface area contributed by atoms with Gasteiger partial charge in [-0.2, -0.15) is 0 Å². The second-order valence-corrected chi connectivity index (χ2v) is 5.94. The quantitative estimate of drug-likeness (QED) is 0.755. The van der Waals surface area contributed by atoms with Crippen molar-refractivity contribution in [2.75, 3.05) is 13.1 Å². The number of hydrogen-bond donors (Lipinski definition) is 2. The average Bonchev–Trinajstić information content (AvgIpc) is 2.38. The first-order valence-corrected chi connectivity index (χ1v) is 7.85. The molecule has 0 unspecified atom stereocenters. The molecule has 0 radical (unpaired) electrons. The van der Waals surface area contributed by atoms with Crippen LogP contribution in [0.5, 0.6) is 0 Å². The lowest BCUT2D eigenvalue weighted by Gasteiger charge is -2.10. The number of sulfonamides is 1. The van der Waals surface area contributed by atoms with Gasteiger partial charge in [0.25, 0.3) is 0 Å². The molecule has 1 aromatic rings. The molecule has 0 bridgehead atoms. The summed E-state index contributed by atoms with van der Waals surface area (Å²) in [6.45, 7) is 4.97. The maximum atomic E-state index is 12.0. The molecule has 110 valence electrons. The molecule has 0 heterocycles. The smallest absolute Gasteiger partial charge is 0.240 e. The summed E-state index contributed by atoms with van der Waals surface area (Å²) in [5, 5.41) is 0. The van der Waals surface area contributed by atoms with Crippen LogP contribution in [0.4, 0.5) is 0 Å². The van der Waals surface area contributed by atoms with Crippen LogP contribution in [0.15, 0.2) is 23.1 Å². The molecule has 0 aliphatic heterocycles. The number of hydrogen-bond acceptors (Lipinski definition) is 3. The van der Waals surface area contributed by atoms with Crippen molar-refractivity contribution in [2.24, 2.45) is 5.73 Å². The molecule has 0 saturated heterocycles. The summed E-state index contributed by atoms with van der Waals surface area (Å²) in [7, 11) is -3.40.